The Hall–Kier alpha value is -2.67. The zero-order chi connectivity index (χ0) is 27.6. The minimum absolute atomic E-state index is 0.125. The summed E-state index contributed by atoms with van der Waals surface area (Å²) in [5, 5.41) is 8.41. The van der Waals surface area contributed by atoms with E-state index in [9.17, 15) is 4.79 Å². The molecule has 208 valence electrons. The number of nitrogens with two attached hydrogens (primary N) is 2. The lowest BCUT2D eigenvalue weighted by molar-refractivity contribution is -0.146. The molecule has 1 saturated heterocycles. The van der Waals surface area contributed by atoms with Crippen molar-refractivity contribution in [3.63, 3.8) is 0 Å². The van der Waals surface area contributed by atoms with Crippen LogP contribution in [0.15, 0.2) is 24.3 Å². The van der Waals surface area contributed by atoms with E-state index >= 15 is 0 Å². The zero-order valence-corrected chi connectivity index (χ0v) is 23.6. The molecule has 38 heavy (non-hydrogen) atoms. The van der Waals surface area contributed by atoms with Crippen molar-refractivity contribution in [3.05, 3.63) is 29.3 Å². The van der Waals surface area contributed by atoms with Crippen LogP contribution in [-0.2, 0) is 18.8 Å². The topological polar surface area (TPSA) is 162 Å². The van der Waals surface area contributed by atoms with Gasteiger partial charge in [-0.05, 0) is 44.5 Å². The fourth-order valence-corrected chi connectivity index (χ4v) is 5.73. The number of aromatic nitrogens is 2. The predicted molar refractivity (Wildman–Crippen MR) is 147 cm³/mol. The number of nitrogens with one attached hydrogen (secondary N) is 2. The first-order chi connectivity index (χ1) is 18.0. The fourth-order valence-electron chi connectivity index (χ4n) is 4.28. The first kappa shape index (κ1) is 28.3. The van der Waals surface area contributed by atoms with Crippen molar-refractivity contribution in [3.8, 4) is 5.75 Å². The van der Waals surface area contributed by atoms with Crippen molar-refractivity contribution in [2.24, 2.45) is 11.8 Å². The number of hydrogen-bond donors (Lipinski definition) is 4. The maximum Gasteiger partial charge on any atom is 0.325 e. The van der Waals surface area contributed by atoms with Crippen LogP contribution in [0, 0.1) is 5.92 Å². The second-order valence-electron chi connectivity index (χ2n) is 9.71. The Balaban J connectivity index is 1.44. The number of esters is 1. The molecule has 0 spiro atoms. The number of halogens is 1. The van der Waals surface area contributed by atoms with Gasteiger partial charge in [0.25, 0.3) is 0 Å². The number of rotatable bonds is 10. The van der Waals surface area contributed by atoms with E-state index in [0.29, 0.717) is 34.8 Å². The summed E-state index contributed by atoms with van der Waals surface area (Å²) >= 11 is 6.00. The summed E-state index contributed by atoms with van der Waals surface area (Å²) < 4.78 is 23.5. The van der Waals surface area contributed by atoms with E-state index in [1.807, 2.05) is 4.90 Å². The summed E-state index contributed by atoms with van der Waals surface area (Å²) in [7, 11) is 1.28. The molecule has 2 aliphatic rings. The molecule has 4 unspecified atom stereocenters. The maximum atomic E-state index is 12.3. The Morgan fingerprint density at radius 1 is 1.37 bits per heavy atom. The lowest BCUT2D eigenvalue weighted by Gasteiger charge is -2.29. The number of ether oxygens (including phenoxy) is 2. The summed E-state index contributed by atoms with van der Waals surface area (Å²) in [6, 6.07) is 6.90. The van der Waals surface area contributed by atoms with E-state index in [-0.39, 0.29) is 30.8 Å². The third-order valence-corrected chi connectivity index (χ3v) is 7.88. The van der Waals surface area contributed by atoms with Gasteiger partial charge in [-0.25, -0.2) is 10.9 Å². The number of nitrogen functional groups attached to an aromatic ring is 1. The summed E-state index contributed by atoms with van der Waals surface area (Å²) in [4.78, 5) is 23.0. The smallest absolute Gasteiger partial charge is 0.325 e. The zero-order valence-electron chi connectivity index (χ0n) is 22.0. The molecule has 3 heterocycles. The lowest BCUT2D eigenvalue weighted by atomic mass is 10.1. The summed E-state index contributed by atoms with van der Waals surface area (Å²) in [6.45, 7) is 6.21. The molecule has 13 nitrogen and oxygen atoms in total. The van der Waals surface area contributed by atoms with Crippen LogP contribution in [0.4, 0.5) is 23.3 Å². The van der Waals surface area contributed by atoms with Crippen LogP contribution < -0.4 is 36.4 Å². The molecule has 0 bridgehead atoms. The van der Waals surface area contributed by atoms with Gasteiger partial charge in [0.1, 0.15) is 23.2 Å². The minimum atomic E-state index is -1.74. The summed E-state index contributed by atoms with van der Waals surface area (Å²) in [6.07, 6.45) is 0.243. The molecule has 2 aromatic rings. The maximum absolute atomic E-state index is 12.3. The highest BCUT2D eigenvalue weighted by Crippen LogP contribution is 2.43. The van der Waals surface area contributed by atoms with Gasteiger partial charge in [-0.15, -0.1) is 0 Å². The van der Waals surface area contributed by atoms with Crippen LogP contribution in [0.2, 0.25) is 5.02 Å². The highest BCUT2D eigenvalue weighted by atomic mass is 35.5. The monoisotopic (exact) mass is 568 g/mol. The largest absolute Gasteiger partial charge is 0.468 e. The van der Waals surface area contributed by atoms with Crippen LogP contribution in [0.3, 0.4) is 0 Å². The van der Waals surface area contributed by atoms with Crippen molar-refractivity contribution in [2.45, 2.75) is 45.1 Å². The normalized spacial score (nSPS) is 21.6. The van der Waals surface area contributed by atoms with Crippen LogP contribution in [-0.4, -0.2) is 61.2 Å². The molecule has 0 aliphatic carbocycles. The van der Waals surface area contributed by atoms with Crippen molar-refractivity contribution < 1.29 is 23.3 Å². The van der Waals surface area contributed by atoms with Crippen LogP contribution >= 0.6 is 20.1 Å². The Labute approximate surface area is 228 Å². The number of methoxy groups -OCH3 is 1. The number of carbonyl (C=O) groups excluding carboxylic acids is 1. The molecule has 0 radical (unpaired) electrons. The third-order valence-electron chi connectivity index (χ3n) is 6.13. The second-order valence-corrected chi connectivity index (χ2v) is 11.3. The van der Waals surface area contributed by atoms with E-state index in [2.05, 4.69) is 27.3 Å². The Kier molecular flexibility index (Phi) is 8.65. The van der Waals surface area contributed by atoms with Gasteiger partial charge < -0.3 is 34.5 Å². The fraction of sp³-hybridized carbons (Fsp3) is 0.522. The molecule has 1 aromatic heterocycles. The average molecular weight is 569 g/mol. The molecule has 1 aromatic carbocycles. The van der Waals surface area contributed by atoms with Gasteiger partial charge in [-0.1, -0.05) is 18.5 Å². The van der Waals surface area contributed by atoms with Crippen molar-refractivity contribution in [1.29, 1.82) is 0 Å². The number of nitrogens with zero attached hydrogens (tertiary/aromatic N) is 4. The first-order valence-electron chi connectivity index (χ1n) is 12.0. The van der Waals surface area contributed by atoms with Crippen LogP contribution in [0.1, 0.15) is 27.2 Å². The van der Waals surface area contributed by atoms with Gasteiger partial charge in [0, 0.05) is 18.0 Å². The summed E-state index contributed by atoms with van der Waals surface area (Å²) in [5.41, 5.74) is 5.61. The quantitative estimate of drug-likeness (QED) is 0.143. The number of hydrazine groups is 1. The van der Waals surface area contributed by atoms with Crippen LogP contribution in [0.5, 0.6) is 5.75 Å². The number of carbonyl (C=O) groups is 1. The SMILES string of the molecule is COC(=O)C(C)(C)NP(OCC1CC(C)C(N2CNc3c(N(C)N)nc(N)nc32)O1)Oc1ccc(Cl)cc1. The highest BCUT2D eigenvalue weighted by molar-refractivity contribution is 7.45. The third kappa shape index (κ3) is 6.31. The van der Waals surface area contributed by atoms with Gasteiger partial charge in [-0.3, -0.25) is 9.80 Å². The van der Waals surface area contributed by atoms with Gasteiger partial charge in [-0.2, -0.15) is 9.97 Å². The van der Waals surface area contributed by atoms with Gasteiger partial charge in [0.05, 0.1) is 26.5 Å². The van der Waals surface area contributed by atoms with E-state index in [1.54, 1.807) is 45.2 Å². The van der Waals surface area contributed by atoms with Gasteiger partial charge in [0.15, 0.2) is 11.6 Å². The second kappa shape index (κ2) is 11.6. The molecule has 4 rings (SSSR count). The standard InChI is InChI=1S/C23H34ClN8O5P/c1-13-10-16(36-20(13)32-12-27-17-18(31(4)26)28-22(25)29-19(17)32)11-35-38(30-23(2,3)21(33)34-5)37-15-8-6-14(24)7-9-15/h6-9,13,16,20,27,30H,10-12,26H2,1-5H3,(H2,25,28,29). The minimum Gasteiger partial charge on any atom is -0.468 e. The van der Waals surface area contributed by atoms with Crippen molar-refractivity contribution >= 4 is 49.4 Å². The van der Waals surface area contributed by atoms with E-state index in [4.69, 9.17) is 41.7 Å². The Bertz CT molecular complexity index is 1140. The number of anilines is 4. The predicted octanol–water partition coefficient (Wildman–Crippen LogP) is 2.83. The first-order valence-corrected chi connectivity index (χ1v) is 13.6. The van der Waals surface area contributed by atoms with Gasteiger partial charge >= 0.3 is 14.5 Å². The van der Waals surface area contributed by atoms with Crippen molar-refractivity contribution in [2.75, 3.05) is 48.4 Å². The molecule has 15 heteroatoms. The Morgan fingerprint density at radius 3 is 2.74 bits per heavy atom. The molecule has 0 saturated carbocycles. The number of benzene rings is 1. The molecule has 4 atom stereocenters. The lowest BCUT2D eigenvalue weighted by Crippen LogP contribution is -2.45. The van der Waals surface area contributed by atoms with E-state index in [0.717, 1.165) is 6.42 Å². The van der Waals surface area contributed by atoms with Crippen molar-refractivity contribution in [1.82, 2.24) is 15.1 Å². The molecule has 1 fully saturated rings. The molecule has 2 aliphatic heterocycles. The molecule has 6 N–H and O–H groups in total. The number of hydrogen-bond acceptors (Lipinski definition) is 13. The summed E-state index contributed by atoms with van der Waals surface area (Å²) in [5.74, 6) is 7.47. The van der Waals surface area contributed by atoms with E-state index in [1.165, 1.54) is 12.1 Å². The molecular weight excluding hydrogens is 535 g/mol. The van der Waals surface area contributed by atoms with Crippen LogP contribution in [0.25, 0.3) is 0 Å². The Morgan fingerprint density at radius 2 is 2.08 bits per heavy atom. The average Bonchev–Trinajstić information content (AvgIpc) is 3.45. The number of fused-ring (bicyclic) bond motifs is 1. The molecular formula is C23H34ClN8O5P. The molecule has 0 amide bonds. The van der Waals surface area contributed by atoms with Gasteiger partial charge in [0.2, 0.25) is 5.95 Å². The van der Waals surface area contributed by atoms with E-state index < -0.39 is 20.0 Å². The highest BCUT2D eigenvalue weighted by Gasteiger charge is 2.41.